The van der Waals surface area contributed by atoms with Crippen LogP contribution in [0.5, 0.6) is 0 Å². The number of rotatable bonds is 7. The number of aromatic nitrogens is 6. The molecule has 210 valence electrons. The molecule has 0 aliphatic rings. The monoisotopic (exact) mass is 623 g/mol. The van der Waals surface area contributed by atoms with Crippen molar-refractivity contribution in [3.8, 4) is 0 Å². The van der Waals surface area contributed by atoms with Gasteiger partial charge in [0.1, 0.15) is 12.7 Å². The van der Waals surface area contributed by atoms with Crippen LogP contribution < -0.4 is 10.0 Å². The molecule has 0 aliphatic heterocycles. The number of nitrogens with one attached hydrogen (secondary N) is 1. The van der Waals surface area contributed by atoms with Crippen molar-refractivity contribution in [2.75, 3.05) is 5.32 Å². The molecule has 1 atom stereocenters. The second kappa shape index (κ2) is 10.3. The normalized spacial score (nSPS) is 13.6. The first-order chi connectivity index (χ1) is 19.3. The first-order valence-corrected chi connectivity index (χ1v) is 14.2. The maximum absolute atomic E-state index is 17.4. The molecule has 41 heavy (non-hydrogen) atoms. The Balaban J connectivity index is 1.76. The van der Waals surface area contributed by atoms with E-state index in [1.54, 1.807) is 6.07 Å². The smallest absolute Gasteiger partial charge is 0.323 e. The Morgan fingerprint density at radius 2 is 1.51 bits per heavy atom. The van der Waals surface area contributed by atoms with Gasteiger partial charge in [0.25, 0.3) is 10.1 Å². The van der Waals surface area contributed by atoms with Crippen LogP contribution in [0, 0.1) is 6.08 Å². The van der Waals surface area contributed by atoms with E-state index in [-0.39, 0.29) is 16.1 Å². The van der Waals surface area contributed by atoms with Gasteiger partial charge in [0.2, 0.25) is 11.6 Å². The van der Waals surface area contributed by atoms with Gasteiger partial charge >= 0.3 is 28.1 Å². The maximum Gasteiger partial charge on any atom is 0.387 e. The summed E-state index contributed by atoms with van der Waals surface area (Å²) in [6, 6.07) is 11.3. The van der Waals surface area contributed by atoms with Crippen LogP contribution in [0.15, 0.2) is 77.0 Å². The zero-order valence-electron chi connectivity index (χ0n) is 20.0. The molecule has 0 bridgehead atoms. The minimum Gasteiger partial charge on any atom is -0.323 e. The molecule has 0 amide bonds. The summed E-state index contributed by atoms with van der Waals surface area (Å²) in [5.41, 5.74) is -0.952. The molecule has 5 aromatic rings. The number of anilines is 2. The summed E-state index contributed by atoms with van der Waals surface area (Å²) in [5, 5.41) is 2.71. The molecule has 0 radical (unpaired) electrons. The van der Waals surface area contributed by atoms with Crippen molar-refractivity contribution in [1.29, 1.82) is 0 Å². The zero-order chi connectivity index (χ0) is 29.6. The molecule has 3 aromatic carbocycles. The molecule has 0 fully saturated rings. The molecule has 1 unspecified atom stereocenters. The molecule has 0 aliphatic carbocycles. The van der Waals surface area contributed by atoms with Crippen molar-refractivity contribution >= 4 is 71.8 Å². The van der Waals surface area contributed by atoms with Crippen LogP contribution in [0.2, 0.25) is 5.02 Å². The first-order valence-electron chi connectivity index (χ1n) is 11.0. The second-order valence-electron chi connectivity index (χ2n) is 8.10. The van der Waals surface area contributed by atoms with Gasteiger partial charge in [-0.05, 0) is 29.7 Å². The molecule has 0 saturated heterocycles. The Labute approximate surface area is 234 Å². The Kier molecular flexibility index (Phi) is 7.05. The number of hydrogen-bond acceptors (Lipinski definition) is 11. The fraction of sp³-hybridized carbons (Fsp3) is 0. The largest absolute Gasteiger partial charge is 0.387 e. The van der Waals surface area contributed by atoms with Gasteiger partial charge < -0.3 is 5.32 Å². The lowest BCUT2D eigenvalue weighted by Gasteiger charge is -2.22. The van der Waals surface area contributed by atoms with Crippen molar-refractivity contribution in [2.45, 2.75) is 9.79 Å². The van der Waals surface area contributed by atoms with Crippen LogP contribution >= 0.6 is 11.6 Å². The molecular weight excluding hydrogens is 610 g/mol. The average Bonchev–Trinajstić information content (AvgIpc) is 2.92. The predicted octanol–water partition coefficient (Wildman–Crippen LogP) is 4.09. The van der Waals surface area contributed by atoms with Crippen molar-refractivity contribution in [1.82, 2.24) is 34.6 Å². The van der Waals surface area contributed by atoms with Crippen molar-refractivity contribution in [2.24, 2.45) is 0 Å². The van der Waals surface area contributed by atoms with Gasteiger partial charge in [-0.3, -0.25) is 9.11 Å². The SMILES string of the molecule is O=S(=O)(O)c1ccc(Cl)c(Nc2ncnc([N+](F)(c3ncnc(F)n3)c3ccc4ccccc4c3S(=O)(=O)O)n2)c1. The maximum atomic E-state index is 17.4. The van der Waals surface area contributed by atoms with Crippen LogP contribution in [0.4, 0.5) is 38.1 Å². The Morgan fingerprint density at radius 3 is 2.20 bits per heavy atom. The molecule has 2 heterocycles. The number of hydrogen-bond donors (Lipinski definition) is 3. The molecule has 3 N–H and O–H groups in total. The van der Waals surface area contributed by atoms with Gasteiger partial charge in [0.15, 0.2) is 4.90 Å². The quantitative estimate of drug-likeness (QED) is 0.173. The Bertz CT molecular complexity index is 2060. The molecule has 5 rings (SSSR count). The molecule has 19 heteroatoms. The first kappa shape index (κ1) is 28.2. The number of nitrogens with zero attached hydrogens (tertiary/aromatic N) is 7. The minimum atomic E-state index is -5.16. The minimum absolute atomic E-state index is 0.0527. The summed E-state index contributed by atoms with van der Waals surface area (Å²) >= 11 is 6.11. The van der Waals surface area contributed by atoms with Gasteiger partial charge in [-0.25, -0.2) is 4.98 Å². The van der Waals surface area contributed by atoms with Crippen LogP contribution in [0.1, 0.15) is 0 Å². The highest BCUT2D eigenvalue weighted by atomic mass is 35.5. The summed E-state index contributed by atoms with van der Waals surface area (Å²) in [6.45, 7) is 0. The van der Waals surface area contributed by atoms with Gasteiger partial charge in [0.05, 0.1) is 15.6 Å². The molecule has 14 nitrogen and oxygen atoms in total. The summed E-state index contributed by atoms with van der Waals surface area (Å²) < 4.78 is 97.0. The van der Waals surface area contributed by atoms with Gasteiger partial charge in [-0.2, -0.15) is 36.2 Å². The highest BCUT2D eigenvalue weighted by molar-refractivity contribution is 7.86. The summed E-state index contributed by atoms with van der Waals surface area (Å²) in [6.07, 6.45) is -0.00590. The third-order valence-corrected chi connectivity index (χ3v) is 7.70. The van der Waals surface area contributed by atoms with Crippen molar-refractivity contribution < 1.29 is 34.8 Å². The van der Waals surface area contributed by atoms with Crippen LogP contribution in [0.3, 0.4) is 0 Å². The van der Waals surface area contributed by atoms with E-state index in [9.17, 15) is 30.3 Å². The Morgan fingerprint density at radius 1 is 0.829 bits per heavy atom. The van der Waals surface area contributed by atoms with E-state index in [0.717, 1.165) is 30.6 Å². The molecule has 2 aromatic heterocycles. The summed E-state index contributed by atoms with van der Waals surface area (Å²) in [7, 11) is -9.79. The molecule has 0 saturated carbocycles. The van der Waals surface area contributed by atoms with E-state index in [0.29, 0.717) is 11.7 Å². The predicted molar refractivity (Wildman–Crippen MR) is 140 cm³/mol. The van der Waals surface area contributed by atoms with Gasteiger partial charge in [0, 0.05) is 20.6 Å². The highest BCUT2D eigenvalue weighted by Gasteiger charge is 2.50. The molecule has 0 spiro atoms. The summed E-state index contributed by atoms with van der Waals surface area (Å²) in [5.74, 6) is -2.40. The van der Waals surface area contributed by atoms with Crippen LogP contribution in [-0.4, -0.2) is 55.8 Å². The zero-order valence-corrected chi connectivity index (χ0v) is 22.3. The van der Waals surface area contributed by atoms with E-state index in [1.165, 1.54) is 24.3 Å². The average molecular weight is 624 g/mol. The third kappa shape index (κ3) is 5.38. The van der Waals surface area contributed by atoms with E-state index < -0.39 is 64.3 Å². The fourth-order valence-corrected chi connectivity index (χ4v) is 5.44. The number of halogens is 3. The molecular formula is C22H14ClF2N8O6S2+. The third-order valence-electron chi connectivity index (χ3n) is 5.57. The van der Waals surface area contributed by atoms with E-state index >= 15 is 4.48 Å². The standard InChI is InChI=1S/C22H13ClF2N8O6S2/c23-15-7-6-13(40(34,35)36)9-16(15)30-20-27-11-29-22(32-20)33(25,21-28-10-26-19(24)31-21)17-8-5-12-3-1-2-4-14(12)18(17)41(37,38)39/h1-11H,(H2-,27,29,30,32,34,35,36,37,38,39)/p+1. The van der Waals surface area contributed by atoms with Crippen molar-refractivity contribution in [3.05, 3.63) is 78.4 Å². The van der Waals surface area contributed by atoms with Crippen molar-refractivity contribution in [3.63, 3.8) is 0 Å². The Hall–Kier alpha value is -4.33. The lowest BCUT2D eigenvalue weighted by atomic mass is 10.1. The highest BCUT2D eigenvalue weighted by Crippen LogP contribution is 2.46. The fourth-order valence-electron chi connectivity index (χ4n) is 3.84. The van der Waals surface area contributed by atoms with E-state index in [4.69, 9.17) is 11.6 Å². The van der Waals surface area contributed by atoms with Crippen LogP contribution in [-0.2, 0) is 20.2 Å². The summed E-state index contributed by atoms with van der Waals surface area (Å²) in [4.78, 5) is 20.3. The number of quaternary nitrogens is 1. The topological polar surface area (TPSA) is 198 Å². The second-order valence-corrected chi connectivity index (χ2v) is 11.3. The van der Waals surface area contributed by atoms with Gasteiger partial charge in [-0.1, -0.05) is 35.9 Å². The number of fused-ring (bicyclic) bond motifs is 1. The van der Waals surface area contributed by atoms with Gasteiger partial charge in [-0.15, -0.1) is 9.97 Å². The van der Waals surface area contributed by atoms with E-state index in [2.05, 4.69) is 35.2 Å². The number of benzene rings is 3. The van der Waals surface area contributed by atoms with Crippen LogP contribution in [0.25, 0.3) is 10.8 Å². The lowest BCUT2D eigenvalue weighted by molar-refractivity contribution is 0.155. The van der Waals surface area contributed by atoms with E-state index in [1.807, 2.05) is 0 Å². The lowest BCUT2D eigenvalue weighted by Crippen LogP contribution is -2.35.